The Labute approximate surface area is 146 Å². The first-order valence-electron chi connectivity index (χ1n) is 8.15. The quantitative estimate of drug-likeness (QED) is 0.538. The van der Waals surface area contributed by atoms with Crippen molar-refractivity contribution in [3.8, 4) is 5.75 Å². The van der Waals surface area contributed by atoms with Crippen LogP contribution in [0.15, 0.2) is 24.3 Å². The summed E-state index contributed by atoms with van der Waals surface area (Å²) in [6, 6.07) is 8.05. The molecule has 0 saturated heterocycles. The molecule has 1 aromatic carbocycles. The van der Waals surface area contributed by atoms with Crippen LogP contribution in [0.5, 0.6) is 5.75 Å². The van der Waals surface area contributed by atoms with E-state index in [1.54, 1.807) is 0 Å². The molecule has 0 saturated carbocycles. The first-order chi connectivity index (χ1) is 10.9. The van der Waals surface area contributed by atoms with Gasteiger partial charge in [0.15, 0.2) is 0 Å². The van der Waals surface area contributed by atoms with Crippen LogP contribution in [0, 0.1) is 5.41 Å². The molecular formula is C18H30O5S. The molecule has 0 fully saturated rings. The van der Waals surface area contributed by atoms with Gasteiger partial charge in [0.2, 0.25) is 0 Å². The Morgan fingerprint density at radius 2 is 1.54 bits per heavy atom. The van der Waals surface area contributed by atoms with Gasteiger partial charge in [-0.25, -0.2) is 0 Å². The molecule has 0 aliphatic heterocycles. The van der Waals surface area contributed by atoms with E-state index < -0.39 is 15.9 Å². The maximum absolute atomic E-state index is 10.5. The average molecular weight is 358 g/mol. The van der Waals surface area contributed by atoms with Gasteiger partial charge in [-0.05, 0) is 34.9 Å². The summed E-state index contributed by atoms with van der Waals surface area (Å²) in [6.07, 6.45) is 1.09. The summed E-state index contributed by atoms with van der Waals surface area (Å²) in [5, 5.41) is 0. The minimum absolute atomic E-state index is 0.0396. The fraction of sp³-hybridized carbons (Fsp3) is 0.667. The molecule has 0 bridgehead atoms. The average Bonchev–Trinajstić information content (AvgIpc) is 2.39. The molecule has 0 aliphatic carbocycles. The van der Waals surface area contributed by atoms with Crippen LogP contribution in [0.3, 0.4) is 0 Å². The van der Waals surface area contributed by atoms with Gasteiger partial charge < -0.3 is 9.47 Å². The van der Waals surface area contributed by atoms with Crippen molar-refractivity contribution in [3.05, 3.63) is 29.8 Å². The maximum atomic E-state index is 10.5. The lowest BCUT2D eigenvalue weighted by atomic mass is 9.72. The molecule has 0 amide bonds. The summed E-state index contributed by atoms with van der Waals surface area (Å²) in [6.45, 7) is 11.8. The Bertz CT molecular complexity index is 597. The highest BCUT2D eigenvalue weighted by molar-refractivity contribution is 7.85. The summed E-state index contributed by atoms with van der Waals surface area (Å²) < 4.78 is 40.3. The number of hydrogen-bond donors (Lipinski definition) is 1. The minimum Gasteiger partial charge on any atom is -0.491 e. The first-order valence-corrected chi connectivity index (χ1v) is 9.76. The van der Waals surface area contributed by atoms with E-state index >= 15 is 0 Å². The summed E-state index contributed by atoms with van der Waals surface area (Å²) in [5.74, 6) is 0.355. The van der Waals surface area contributed by atoms with Gasteiger partial charge >= 0.3 is 0 Å². The minimum atomic E-state index is -3.96. The van der Waals surface area contributed by atoms with Gasteiger partial charge in [0.05, 0.1) is 19.0 Å². The van der Waals surface area contributed by atoms with Crippen LogP contribution >= 0.6 is 0 Å². The van der Waals surface area contributed by atoms with Crippen LogP contribution in [-0.2, 0) is 20.3 Å². The second-order valence-corrected chi connectivity index (χ2v) is 9.46. The van der Waals surface area contributed by atoms with Crippen LogP contribution in [0.4, 0.5) is 0 Å². The Balaban J connectivity index is 2.42. The predicted octanol–water partition coefficient (Wildman–Crippen LogP) is 3.68. The van der Waals surface area contributed by atoms with Crippen molar-refractivity contribution < 1.29 is 22.4 Å². The van der Waals surface area contributed by atoms with Gasteiger partial charge in [-0.1, -0.05) is 46.8 Å². The molecule has 0 radical (unpaired) electrons. The molecule has 0 spiro atoms. The van der Waals surface area contributed by atoms with Gasteiger partial charge in [-0.2, -0.15) is 8.42 Å². The number of hydrogen-bond acceptors (Lipinski definition) is 4. The molecule has 5 nitrogen and oxygen atoms in total. The van der Waals surface area contributed by atoms with Gasteiger partial charge in [-0.15, -0.1) is 0 Å². The second-order valence-electron chi connectivity index (χ2n) is 7.89. The molecule has 1 aromatic rings. The maximum Gasteiger partial charge on any atom is 0.267 e. The fourth-order valence-electron chi connectivity index (χ4n) is 2.91. The lowest BCUT2D eigenvalue weighted by molar-refractivity contribution is 0.110. The standard InChI is InChI=1S/C18H30O5S/c1-17(2,3)14-18(4,5)15-6-8-16(9-7-15)23-11-10-22-12-13-24(19,20)21/h6-9H,10-14H2,1-5H3,(H,19,20,21). The zero-order valence-corrected chi connectivity index (χ0v) is 16.1. The van der Waals surface area contributed by atoms with Crippen molar-refractivity contribution in [3.63, 3.8) is 0 Å². The van der Waals surface area contributed by atoms with Crippen molar-refractivity contribution in [2.75, 3.05) is 25.6 Å². The van der Waals surface area contributed by atoms with Crippen LogP contribution in [-0.4, -0.2) is 38.5 Å². The monoisotopic (exact) mass is 358 g/mol. The van der Waals surface area contributed by atoms with Crippen molar-refractivity contribution in [2.24, 2.45) is 5.41 Å². The third-order valence-electron chi connectivity index (χ3n) is 3.59. The van der Waals surface area contributed by atoms with Crippen molar-refractivity contribution in [2.45, 2.75) is 46.5 Å². The Hall–Kier alpha value is -1.11. The fourth-order valence-corrected chi connectivity index (χ4v) is 3.24. The highest BCUT2D eigenvalue weighted by Gasteiger charge is 2.27. The molecule has 1 rings (SSSR count). The van der Waals surface area contributed by atoms with Crippen LogP contribution in [0.25, 0.3) is 0 Å². The third kappa shape index (κ3) is 8.66. The molecule has 0 aromatic heterocycles. The van der Waals surface area contributed by atoms with Gasteiger partial charge in [0.25, 0.3) is 10.1 Å². The van der Waals surface area contributed by atoms with E-state index in [9.17, 15) is 8.42 Å². The lowest BCUT2D eigenvalue weighted by Crippen LogP contribution is -2.24. The summed E-state index contributed by atoms with van der Waals surface area (Å²) in [7, 11) is -3.96. The Morgan fingerprint density at radius 1 is 0.958 bits per heavy atom. The number of rotatable bonds is 9. The largest absolute Gasteiger partial charge is 0.491 e. The summed E-state index contributed by atoms with van der Waals surface area (Å²) in [4.78, 5) is 0. The van der Waals surface area contributed by atoms with Gasteiger partial charge in [-0.3, -0.25) is 4.55 Å². The highest BCUT2D eigenvalue weighted by atomic mass is 32.2. The molecule has 24 heavy (non-hydrogen) atoms. The van der Waals surface area contributed by atoms with E-state index in [1.807, 2.05) is 12.1 Å². The van der Waals surface area contributed by atoms with E-state index in [4.69, 9.17) is 14.0 Å². The summed E-state index contributed by atoms with van der Waals surface area (Å²) >= 11 is 0. The van der Waals surface area contributed by atoms with Crippen molar-refractivity contribution in [1.82, 2.24) is 0 Å². The van der Waals surface area contributed by atoms with E-state index in [2.05, 4.69) is 46.8 Å². The highest BCUT2D eigenvalue weighted by Crippen LogP contribution is 2.36. The first kappa shape index (κ1) is 20.9. The van der Waals surface area contributed by atoms with Crippen LogP contribution in [0.2, 0.25) is 0 Å². The molecule has 0 atom stereocenters. The predicted molar refractivity (Wildman–Crippen MR) is 96.3 cm³/mol. The van der Waals surface area contributed by atoms with E-state index in [0.717, 1.165) is 12.2 Å². The van der Waals surface area contributed by atoms with Crippen molar-refractivity contribution >= 4 is 10.1 Å². The van der Waals surface area contributed by atoms with Crippen LogP contribution in [0.1, 0.15) is 46.6 Å². The Morgan fingerprint density at radius 3 is 2.04 bits per heavy atom. The zero-order valence-electron chi connectivity index (χ0n) is 15.3. The molecule has 0 aliphatic rings. The van der Waals surface area contributed by atoms with Gasteiger partial charge in [0.1, 0.15) is 12.4 Å². The van der Waals surface area contributed by atoms with Gasteiger partial charge in [0, 0.05) is 0 Å². The van der Waals surface area contributed by atoms with Crippen molar-refractivity contribution in [1.29, 1.82) is 0 Å². The number of ether oxygens (including phenoxy) is 2. The SMILES string of the molecule is CC(C)(C)CC(C)(C)c1ccc(OCCOCCS(=O)(=O)O)cc1. The topological polar surface area (TPSA) is 72.8 Å². The molecule has 0 heterocycles. The molecule has 1 N–H and O–H groups in total. The van der Waals surface area contributed by atoms with E-state index in [0.29, 0.717) is 6.61 Å². The Kier molecular flexibility index (Phi) is 7.25. The van der Waals surface area contributed by atoms with E-state index in [-0.39, 0.29) is 24.0 Å². The molecule has 138 valence electrons. The summed E-state index contributed by atoms with van der Waals surface area (Å²) in [5.41, 5.74) is 1.63. The van der Waals surface area contributed by atoms with E-state index in [1.165, 1.54) is 5.56 Å². The normalized spacial score (nSPS) is 13.1. The number of benzene rings is 1. The second kappa shape index (κ2) is 8.32. The molecule has 0 unspecified atom stereocenters. The lowest BCUT2D eigenvalue weighted by Gasteiger charge is -2.33. The molecular weight excluding hydrogens is 328 g/mol. The smallest absolute Gasteiger partial charge is 0.267 e. The third-order valence-corrected chi connectivity index (χ3v) is 4.27. The van der Waals surface area contributed by atoms with Crippen LogP contribution < -0.4 is 4.74 Å². The molecule has 6 heteroatoms. The zero-order chi connectivity index (χ0) is 18.4.